The van der Waals surface area contributed by atoms with E-state index in [1.165, 1.54) is 9.80 Å². The van der Waals surface area contributed by atoms with Gasteiger partial charge in [-0.2, -0.15) is 4.98 Å². The van der Waals surface area contributed by atoms with E-state index in [-0.39, 0.29) is 24.8 Å². The molecule has 0 radical (unpaired) electrons. The highest BCUT2D eigenvalue weighted by molar-refractivity contribution is 5.84. The molecule has 1 heterocycles. The molecule has 0 aliphatic heterocycles. The fraction of sp³-hybridized carbons (Fsp3) is 0.692. The zero-order valence-electron chi connectivity index (χ0n) is 13.0. The van der Waals surface area contributed by atoms with Crippen LogP contribution in [0, 0.1) is 6.92 Å². The molecular formula is C13H22N4O4. The van der Waals surface area contributed by atoms with Crippen LogP contribution < -0.4 is 0 Å². The number of ether oxygens (including phenoxy) is 1. The smallest absolute Gasteiger partial charge is 0.241 e. The largest absolute Gasteiger partial charge is 0.383 e. The molecule has 0 saturated heterocycles. The Balaban J connectivity index is 2.55. The predicted molar refractivity (Wildman–Crippen MR) is 74.5 cm³/mol. The lowest BCUT2D eigenvalue weighted by Gasteiger charge is -2.23. The van der Waals surface area contributed by atoms with E-state index in [1.807, 2.05) is 0 Å². The molecule has 0 aromatic carbocycles. The van der Waals surface area contributed by atoms with Gasteiger partial charge in [0, 0.05) is 40.6 Å². The average molecular weight is 298 g/mol. The van der Waals surface area contributed by atoms with Gasteiger partial charge in [-0.3, -0.25) is 9.59 Å². The third-order valence-electron chi connectivity index (χ3n) is 2.87. The summed E-state index contributed by atoms with van der Waals surface area (Å²) in [4.78, 5) is 30.9. The van der Waals surface area contributed by atoms with Crippen LogP contribution in [0.1, 0.15) is 18.1 Å². The Kier molecular flexibility index (Phi) is 6.80. The van der Waals surface area contributed by atoms with Gasteiger partial charge in [0.25, 0.3) is 0 Å². The summed E-state index contributed by atoms with van der Waals surface area (Å²) >= 11 is 0. The molecule has 0 spiro atoms. The Morgan fingerprint density at radius 1 is 1.29 bits per heavy atom. The minimum atomic E-state index is -0.141. The van der Waals surface area contributed by atoms with E-state index in [2.05, 4.69) is 10.1 Å². The average Bonchev–Trinajstić information content (AvgIpc) is 2.86. The van der Waals surface area contributed by atoms with Crippen molar-refractivity contribution in [1.29, 1.82) is 0 Å². The van der Waals surface area contributed by atoms with Gasteiger partial charge in [0.05, 0.1) is 13.2 Å². The Morgan fingerprint density at radius 3 is 2.52 bits per heavy atom. The van der Waals surface area contributed by atoms with Gasteiger partial charge in [-0.05, 0) is 6.92 Å². The molecule has 0 fully saturated rings. The van der Waals surface area contributed by atoms with E-state index in [4.69, 9.17) is 9.26 Å². The molecule has 21 heavy (non-hydrogen) atoms. The van der Waals surface area contributed by atoms with Crippen LogP contribution in [-0.4, -0.2) is 72.7 Å². The van der Waals surface area contributed by atoms with Crippen LogP contribution >= 0.6 is 0 Å². The van der Waals surface area contributed by atoms with Gasteiger partial charge in [0.1, 0.15) is 0 Å². The van der Waals surface area contributed by atoms with Gasteiger partial charge in [0.15, 0.2) is 5.82 Å². The number of nitrogens with zero attached hydrogens (tertiary/aromatic N) is 4. The lowest BCUT2D eigenvalue weighted by Crippen LogP contribution is -2.42. The second-order valence-electron chi connectivity index (χ2n) is 4.83. The molecule has 0 aliphatic carbocycles. The Hall–Kier alpha value is -1.96. The topological polar surface area (TPSA) is 88.8 Å². The van der Waals surface area contributed by atoms with Crippen LogP contribution in [0.2, 0.25) is 0 Å². The van der Waals surface area contributed by atoms with Crippen molar-refractivity contribution >= 4 is 11.8 Å². The number of aromatic nitrogens is 2. The second-order valence-corrected chi connectivity index (χ2v) is 4.83. The zero-order valence-corrected chi connectivity index (χ0v) is 13.0. The van der Waals surface area contributed by atoms with Gasteiger partial charge < -0.3 is 19.1 Å². The summed E-state index contributed by atoms with van der Waals surface area (Å²) in [7, 11) is 4.86. The quantitative estimate of drug-likeness (QED) is 0.664. The number of hydrogen-bond acceptors (Lipinski definition) is 6. The first kappa shape index (κ1) is 17.1. The van der Waals surface area contributed by atoms with Gasteiger partial charge in [0.2, 0.25) is 17.7 Å². The SMILES string of the molecule is COCCN(CC(=O)N(C)C)C(=O)CCc1nc(C)no1. The molecule has 1 aromatic heterocycles. The summed E-state index contributed by atoms with van der Waals surface area (Å²) < 4.78 is 9.93. The molecule has 1 rings (SSSR count). The van der Waals surface area contributed by atoms with E-state index in [1.54, 1.807) is 28.1 Å². The fourth-order valence-electron chi connectivity index (χ4n) is 1.61. The van der Waals surface area contributed by atoms with E-state index < -0.39 is 0 Å². The van der Waals surface area contributed by atoms with E-state index >= 15 is 0 Å². The normalized spacial score (nSPS) is 10.5. The van der Waals surface area contributed by atoms with E-state index in [0.29, 0.717) is 31.3 Å². The van der Waals surface area contributed by atoms with Crippen LogP contribution in [0.25, 0.3) is 0 Å². The number of methoxy groups -OCH3 is 1. The highest BCUT2D eigenvalue weighted by atomic mass is 16.5. The molecule has 8 heteroatoms. The summed E-state index contributed by atoms with van der Waals surface area (Å²) in [6.45, 7) is 2.51. The van der Waals surface area contributed by atoms with E-state index in [0.717, 1.165) is 0 Å². The molecule has 118 valence electrons. The van der Waals surface area contributed by atoms with Gasteiger partial charge in [-0.15, -0.1) is 0 Å². The standard InChI is InChI=1S/C13H22N4O4/c1-10-14-11(21-15-10)5-6-12(18)17(7-8-20-4)9-13(19)16(2)3/h5-9H2,1-4H3. The molecule has 8 nitrogen and oxygen atoms in total. The van der Waals surface area contributed by atoms with Crippen molar-refractivity contribution < 1.29 is 18.8 Å². The van der Waals surface area contributed by atoms with E-state index in [9.17, 15) is 9.59 Å². The second kappa shape index (κ2) is 8.35. The molecule has 0 atom stereocenters. The van der Waals surface area contributed by atoms with Crippen LogP contribution in [0.5, 0.6) is 0 Å². The molecule has 0 bridgehead atoms. The minimum Gasteiger partial charge on any atom is -0.383 e. The number of aryl methyl sites for hydroxylation is 2. The lowest BCUT2D eigenvalue weighted by atomic mass is 10.2. The minimum absolute atomic E-state index is 0.0397. The number of carbonyl (C=O) groups excluding carboxylic acids is 2. The predicted octanol–water partition coefficient (Wildman–Crippen LogP) is -0.126. The highest BCUT2D eigenvalue weighted by Gasteiger charge is 2.18. The van der Waals surface area contributed by atoms with Crippen molar-refractivity contribution in [3.05, 3.63) is 11.7 Å². The Morgan fingerprint density at radius 2 is 2.00 bits per heavy atom. The number of amides is 2. The Bertz CT molecular complexity index is 472. The number of carbonyl (C=O) groups is 2. The summed E-state index contributed by atoms with van der Waals surface area (Å²) in [5.41, 5.74) is 0. The highest BCUT2D eigenvalue weighted by Crippen LogP contribution is 2.04. The maximum Gasteiger partial charge on any atom is 0.241 e. The fourth-order valence-corrected chi connectivity index (χ4v) is 1.61. The van der Waals surface area contributed by atoms with Gasteiger partial charge in [-0.1, -0.05) is 5.16 Å². The summed E-state index contributed by atoms with van der Waals surface area (Å²) in [5, 5.41) is 3.67. The summed E-state index contributed by atoms with van der Waals surface area (Å²) in [6, 6.07) is 0. The maximum absolute atomic E-state index is 12.2. The van der Waals surface area contributed by atoms with Crippen molar-refractivity contribution in [3.8, 4) is 0 Å². The molecule has 0 N–H and O–H groups in total. The van der Waals surface area contributed by atoms with Crippen molar-refractivity contribution in [3.63, 3.8) is 0 Å². The number of hydrogen-bond donors (Lipinski definition) is 0. The van der Waals surface area contributed by atoms with Crippen molar-refractivity contribution in [2.24, 2.45) is 0 Å². The van der Waals surface area contributed by atoms with Crippen molar-refractivity contribution in [1.82, 2.24) is 19.9 Å². The molecule has 0 unspecified atom stereocenters. The molecular weight excluding hydrogens is 276 g/mol. The van der Waals surface area contributed by atoms with Crippen LogP contribution in [0.3, 0.4) is 0 Å². The first-order valence-corrected chi connectivity index (χ1v) is 6.70. The Labute approximate surface area is 124 Å². The van der Waals surface area contributed by atoms with Gasteiger partial charge in [-0.25, -0.2) is 0 Å². The zero-order chi connectivity index (χ0) is 15.8. The first-order chi connectivity index (χ1) is 9.93. The third-order valence-corrected chi connectivity index (χ3v) is 2.87. The molecule has 1 aromatic rings. The third kappa shape index (κ3) is 5.90. The van der Waals surface area contributed by atoms with Crippen LogP contribution in [0.15, 0.2) is 4.52 Å². The van der Waals surface area contributed by atoms with Crippen molar-refractivity contribution in [2.75, 3.05) is 40.9 Å². The first-order valence-electron chi connectivity index (χ1n) is 6.70. The maximum atomic E-state index is 12.2. The van der Waals surface area contributed by atoms with Crippen LogP contribution in [-0.2, 0) is 20.7 Å². The van der Waals surface area contributed by atoms with Gasteiger partial charge >= 0.3 is 0 Å². The number of likely N-dealkylation sites (N-methyl/N-ethyl adjacent to an activating group) is 1. The number of rotatable bonds is 8. The molecule has 2 amide bonds. The van der Waals surface area contributed by atoms with Crippen LogP contribution in [0.4, 0.5) is 0 Å². The monoisotopic (exact) mass is 298 g/mol. The summed E-state index contributed by atoms with van der Waals surface area (Å²) in [6.07, 6.45) is 0.575. The molecule has 0 aliphatic rings. The molecule has 0 saturated carbocycles. The van der Waals surface area contributed by atoms with Crippen molar-refractivity contribution in [2.45, 2.75) is 19.8 Å². The lowest BCUT2D eigenvalue weighted by molar-refractivity contribution is -0.139. The summed E-state index contributed by atoms with van der Waals surface area (Å²) in [5.74, 6) is 0.689.